The Morgan fingerprint density at radius 1 is 1.13 bits per heavy atom. The van der Waals surface area contributed by atoms with Gasteiger partial charge >= 0.3 is 5.97 Å². The van der Waals surface area contributed by atoms with Gasteiger partial charge in [0.2, 0.25) is 0 Å². The molecule has 1 aromatic rings. The van der Waals surface area contributed by atoms with E-state index in [1.54, 1.807) is 11.8 Å². The highest BCUT2D eigenvalue weighted by Gasteiger charge is 2.59. The van der Waals surface area contributed by atoms with E-state index in [1.807, 2.05) is 6.07 Å². The molecule has 0 N–H and O–H groups in total. The van der Waals surface area contributed by atoms with E-state index in [0.29, 0.717) is 11.8 Å². The molecule has 0 heterocycles. The molecule has 0 saturated heterocycles. The minimum Gasteiger partial charge on any atom is -0.469 e. The number of allylic oxidation sites excluding steroid dienone is 1. The summed E-state index contributed by atoms with van der Waals surface area (Å²) in [4.78, 5) is 26.3. The summed E-state index contributed by atoms with van der Waals surface area (Å²) in [6, 6.07) is 10.4. The molecule has 3 aliphatic rings. The highest BCUT2D eigenvalue weighted by atomic mass is 32.2. The van der Waals surface area contributed by atoms with Gasteiger partial charge in [-0.3, -0.25) is 4.79 Å². The van der Waals surface area contributed by atoms with Gasteiger partial charge in [-0.05, 0) is 68.4 Å². The Morgan fingerprint density at radius 2 is 1.87 bits per heavy atom. The predicted molar refractivity (Wildman–Crippen MR) is 121 cm³/mol. The lowest BCUT2D eigenvalue weighted by Gasteiger charge is -2.58. The molecule has 2 fully saturated rings. The van der Waals surface area contributed by atoms with Crippen LogP contribution in [0, 0.1) is 28.1 Å². The van der Waals surface area contributed by atoms with Crippen LogP contribution in [0.4, 0.5) is 0 Å². The first-order chi connectivity index (χ1) is 14.3. The zero-order valence-electron chi connectivity index (χ0n) is 18.6. The number of hydrogen-bond donors (Lipinski definition) is 0. The van der Waals surface area contributed by atoms with Crippen molar-refractivity contribution in [2.24, 2.45) is 28.1 Å². The topological polar surface area (TPSA) is 43.4 Å². The van der Waals surface area contributed by atoms with Crippen molar-refractivity contribution in [1.29, 1.82) is 0 Å². The Bertz CT molecular complexity index is 849. The van der Waals surface area contributed by atoms with Crippen LogP contribution in [0.3, 0.4) is 0 Å². The number of aldehydes is 1. The number of ether oxygens (including phenoxy) is 1. The molecular formula is C26H34O3S. The van der Waals surface area contributed by atoms with Gasteiger partial charge in [0.05, 0.1) is 12.5 Å². The van der Waals surface area contributed by atoms with Crippen molar-refractivity contribution < 1.29 is 14.3 Å². The molecule has 2 saturated carbocycles. The van der Waals surface area contributed by atoms with Gasteiger partial charge in [0.25, 0.3) is 0 Å². The molecule has 1 aromatic carbocycles. The molecule has 0 bridgehead atoms. The van der Waals surface area contributed by atoms with Gasteiger partial charge in [-0.1, -0.05) is 50.1 Å². The fraction of sp³-hybridized carbons (Fsp3) is 0.615. The number of carbonyl (C=O) groups excluding carboxylic acids is 2. The average molecular weight is 427 g/mol. The lowest BCUT2D eigenvalue weighted by Crippen LogP contribution is -2.54. The summed E-state index contributed by atoms with van der Waals surface area (Å²) in [5, 5.41) is 0.116. The van der Waals surface area contributed by atoms with Crippen LogP contribution in [0.25, 0.3) is 0 Å². The number of carbonyl (C=O) groups is 2. The SMILES string of the molecule is COC(=O)[C@]1(C)CCC[C@@]2(C)C3=CC(Sc4ccccc4)C(C)(C=O)CC3CC[C@H]12. The highest BCUT2D eigenvalue weighted by Crippen LogP contribution is 2.64. The Labute approximate surface area is 185 Å². The number of fused-ring (bicyclic) bond motifs is 3. The van der Waals surface area contributed by atoms with Gasteiger partial charge in [0, 0.05) is 15.6 Å². The van der Waals surface area contributed by atoms with Crippen LogP contribution >= 0.6 is 11.8 Å². The number of esters is 1. The van der Waals surface area contributed by atoms with Gasteiger partial charge in [0.15, 0.2) is 0 Å². The van der Waals surface area contributed by atoms with E-state index >= 15 is 0 Å². The summed E-state index contributed by atoms with van der Waals surface area (Å²) in [6.07, 6.45) is 9.69. The normalized spacial score (nSPS) is 40.5. The van der Waals surface area contributed by atoms with Crippen LogP contribution in [-0.4, -0.2) is 24.6 Å². The van der Waals surface area contributed by atoms with Crippen LogP contribution < -0.4 is 0 Å². The fourth-order valence-corrected chi connectivity index (χ4v) is 8.04. The number of benzene rings is 1. The first-order valence-electron chi connectivity index (χ1n) is 11.3. The van der Waals surface area contributed by atoms with E-state index < -0.39 is 5.41 Å². The van der Waals surface area contributed by atoms with E-state index in [4.69, 9.17) is 4.74 Å². The third kappa shape index (κ3) is 3.36. The van der Waals surface area contributed by atoms with E-state index in [2.05, 4.69) is 51.1 Å². The van der Waals surface area contributed by atoms with Crippen LogP contribution in [0.15, 0.2) is 46.9 Å². The molecule has 4 heteroatoms. The highest BCUT2D eigenvalue weighted by molar-refractivity contribution is 8.00. The van der Waals surface area contributed by atoms with Gasteiger partial charge in [-0.15, -0.1) is 11.8 Å². The summed E-state index contributed by atoms with van der Waals surface area (Å²) >= 11 is 1.80. The maximum absolute atomic E-state index is 12.8. The number of rotatable bonds is 4. The Balaban J connectivity index is 1.74. The van der Waals surface area contributed by atoms with Crippen molar-refractivity contribution >= 4 is 24.0 Å². The van der Waals surface area contributed by atoms with Crippen LogP contribution in [0.1, 0.15) is 59.3 Å². The quantitative estimate of drug-likeness (QED) is 0.332. The summed E-state index contributed by atoms with van der Waals surface area (Å²) in [5.74, 6) is 0.687. The number of methoxy groups -OCH3 is 1. The predicted octanol–water partition coefficient (Wildman–Crippen LogP) is 6.08. The maximum atomic E-state index is 12.8. The second-order valence-corrected chi connectivity index (χ2v) is 11.5. The van der Waals surface area contributed by atoms with Crippen molar-refractivity contribution in [3.8, 4) is 0 Å². The first-order valence-corrected chi connectivity index (χ1v) is 12.1. The molecule has 30 heavy (non-hydrogen) atoms. The molecule has 0 spiro atoms. The van der Waals surface area contributed by atoms with Crippen molar-refractivity contribution in [3.63, 3.8) is 0 Å². The van der Waals surface area contributed by atoms with E-state index in [-0.39, 0.29) is 22.0 Å². The second kappa shape index (κ2) is 7.85. The van der Waals surface area contributed by atoms with Crippen LogP contribution in [0.2, 0.25) is 0 Å². The molecule has 3 unspecified atom stereocenters. The molecule has 3 nitrogen and oxygen atoms in total. The molecule has 162 valence electrons. The van der Waals surface area contributed by atoms with E-state index in [9.17, 15) is 9.59 Å². The summed E-state index contributed by atoms with van der Waals surface area (Å²) in [7, 11) is 1.52. The lowest BCUT2D eigenvalue weighted by atomic mass is 9.46. The number of thioether (sulfide) groups is 1. The summed E-state index contributed by atoms with van der Waals surface area (Å²) < 4.78 is 5.26. The molecule has 6 atom stereocenters. The van der Waals surface area contributed by atoms with Crippen molar-refractivity contribution in [1.82, 2.24) is 0 Å². The van der Waals surface area contributed by atoms with E-state index in [0.717, 1.165) is 38.5 Å². The minimum atomic E-state index is -0.416. The fourth-order valence-electron chi connectivity index (χ4n) is 6.79. The van der Waals surface area contributed by atoms with Crippen LogP contribution in [0.5, 0.6) is 0 Å². The Hall–Kier alpha value is -1.55. The van der Waals surface area contributed by atoms with E-state index in [1.165, 1.54) is 23.9 Å². The average Bonchev–Trinajstić information content (AvgIpc) is 2.74. The van der Waals surface area contributed by atoms with Crippen molar-refractivity contribution in [2.45, 2.75) is 69.4 Å². The minimum absolute atomic E-state index is 0.00379. The monoisotopic (exact) mass is 426 g/mol. The second-order valence-electron chi connectivity index (χ2n) is 10.3. The smallest absolute Gasteiger partial charge is 0.311 e. The molecule has 3 aliphatic carbocycles. The zero-order chi connectivity index (χ0) is 21.6. The molecular weight excluding hydrogens is 392 g/mol. The van der Waals surface area contributed by atoms with Crippen molar-refractivity contribution in [2.75, 3.05) is 7.11 Å². The van der Waals surface area contributed by atoms with Gasteiger partial charge < -0.3 is 9.53 Å². The standard InChI is InChI=1S/C26H34O3S/c1-24(17-27)16-18-11-12-21-25(2,13-8-14-26(21,3)23(28)29-4)20(18)15-22(24)30-19-9-6-5-7-10-19/h5-7,9-10,15,17-18,21-22H,8,11-14,16H2,1-4H3/t18?,21-,22?,24?,25-,26+/m0/s1. The Morgan fingerprint density at radius 3 is 2.53 bits per heavy atom. The molecule has 0 amide bonds. The Kier molecular flexibility index (Phi) is 5.67. The largest absolute Gasteiger partial charge is 0.469 e. The lowest BCUT2D eigenvalue weighted by molar-refractivity contribution is -0.164. The van der Waals surface area contributed by atoms with Gasteiger partial charge in [-0.25, -0.2) is 0 Å². The molecule has 0 aromatic heterocycles. The molecule has 0 aliphatic heterocycles. The molecule has 4 rings (SSSR count). The summed E-state index contributed by atoms with van der Waals surface area (Å²) in [5.41, 5.74) is 0.726. The third-order valence-electron chi connectivity index (χ3n) is 8.43. The first kappa shape index (κ1) is 21.7. The van der Waals surface area contributed by atoms with Gasteiger partial charge in [-0.2, -0.15) is 0 Å². The third-order valence-corrected chi connectivity index (χ3v) is 9.90. The molecule has 0 radical (unpaired) electrons. The maximum Gasteiger partial charge on any atom is 0.311 e. The number of hydrogen-bond acceptors (Lipinski definition) is 4. The summed E-state index contributed by atoms with van der Waals surface area (Å²) in [6.45, 7) is 6.63. The van der Waals surface area contributed by atoms with Crippen molar-refractivity contribution in [3.05, 3.63) is 42.0 Å². The van der Waals surface area contributed by atoms with Crippen LogP contribution in [-0.2, 0) is 14.3 Å². The zero-order valence-corrected chi connectivity index (χ0v) is 19.5. The van der Waals surface area contributed by atoms with Gasteiger partial charge in [0.1, 0.15) is 6.29 Å².